The number of carbonyl (C=O) groups is 2. The molecule has 4 heterocycles. The van der Waals surface area contributed by atoms with Gasteiger partial charge in [0.25, 0.3) is 0 Å². The first-order valence-corrected chi connectivity index (χ1v) is 19.0. The van der Waals surface area contributed by atoms with E-state index in [1.54, 1.807) is 24.3 Å². The van der Waals surface area contributed by atoms with Crippen LogP contribution in [-0.2, 0) is 32.0 Å². The Morgan fingerprint density at radius 1 is 0.981 bits per heavy atom. The van der Waals surface area contributed by atoms with Gasteiger partial charge in [-0.2, -0.15) is 4.73 Å². The molecule has 2 aromatic heterocycles. The molecule has 53 heavy (non-hydrogen) atoms. The zero-order chi connectivity index (χ0) is 37.5. The van der Waals surface area contributed by atoms with Gasteiger partial charge in [0, 0.05) is 23.4 Å². The Labute approximate surface area is 323 Å². The molecule has 6 rings (SSSR count). The first kappa shape index (κ1) is 38.8. The molecule has 0 bridgehead atoms. The van der Waals surface area contributed by atoms with E-state index in [1.807, 2.05) is 36.4 Å². The first-order valence-electron chi connectivity index (χ1n) is 17.4. The maximum absolute atomic E-state index is 14.0. The zero-order valence-electron chi connectivity index (χ0n) is 29.9. The van der Waals surface area contributed by atoms with Crippen LogP contribution in [0.25, 0.3) is 0 Å². The fourth-order valence-corrected chi connectivity index (χ4v) is 8.08. The van der Waals surface area contributed by atoms with Crippen LogP contribution in [0.3, 0.4) is 0 Å². The van der Waals surface area contributed by atoms with Crippen molar-refractivity contribution in [2.24, 2.45) is 5.92 Å². The smallest absolute Gasteiger partial charge is 0.348 e. The standard InChI is InChI=1S/C39H43Cl2N3O8S/c1-42-15-13-25(14-16-42)22-51-39(46)37(26-7-5-4-6-8-26)44(28-23-50-24-28)19-29-10-12-36(53-29)38(45)52-34(18-30-31(40)20-43(47)21-32(30)41)27-9-11-33(48-2)35(17-27)49-3/h4-12,17,20-21,25,28,34,37H,13-16,18-19,22-24H2,1-3H3/t34-,37?/m0/s1. The van der Waals surface area contributed by atoms with E-state index >= 15 is 0 Å². The molecule has 2 aromatic carbocycles. The molecule has 2 saturated heterocycles. The number of aromatic nitrogens is 1. The lowest BCUT2D eigenvalue weighted by Gasteiger charge is -2.41. The summed E-state index contributed by atoms with van der Waals surface area (Å²) in [6.07, 6.45) is 3.63. The summed E-state index contributed by atoms with van der Waals surface area (Å²) >= 11 is 14.2. The number of piperidine rings is 1. The molecule has 0 radical (unpaired) electrons. The largest absolute Gasteiger partial charge is 0.619 e. The van der Waals surface area contributed by atoms with Crippen LogP contribution in [0.15, 0.2) is 73.1 Å². The van der Waals surface area contributed by atoms with Gasteiger partial charge in [-0.15, -0.1) is 11.3 Å². The predicted molar refractivity (Wildman–Crippen MR) is 202 cm³/mol. The van der Waals surface area contributed by atoms with Crippen molar-refractivity contribution in [3.05, 3.63) is 115 Å². The number of halogens is 2. The van der Waals surface area contributed by atoms with Crippen molar-refractivity contribution in [2.75, 3.05) is 54.2 Å². The number of methoxy groups -OCH3 is 2. The molecule has 14 heteroatoms. The van der Waals surface area contributed by atoms with Gasteiger partial charge in [0.15, 0.2) is 23.9 Å². The van der Waals surface area contributed by atoms with Crippen LogP contribution in [0.5, 0.6) is 11.5 Å². The minimum absolute atomic E-state index is 0.0174. The number of hydrogen-bond donors (Lipinski definition) is 0. The van der Waals surface area contributed by atoms with Crippen LogP contribution in [0.2, 0.25) is 10.0 Å². The number of carbonyl (C=O) groups excluding carboxylic acids is 2. The van der Waals surface area contributed by atoms with E-state index in [0.29, 0.717) is 64.5 Å². The van der Waals surface area contributed by atoms with Crippen LogP contribution < -0.4 is 14.2 Å². The van der Waals surface area contributed by atoms with E-state index in [1.165, 1.54) is 38.0 Å². The molecule has 11 nitrogen and oxygen atoms in total. The molecular formula is C39H43Cl2N3O8S. The summed E-state index contributed by atoms with van der Waals surface area (Å²) in [6, 6.07) is 17.8. The van der Waals surface area contributed by atoms with Gasteiger partial charge in [-0.1, -0.05) is 59.6 Å². The predicted octanol–water partition coefficient (Wildman–Crippen LogP) is 6.67. The molecule has 282 valence electrons. The van der Waals surface area contributed by atoms with E-state index in [-0.39, 0.29) is 28.5 Å². The number of rotatable bonds is 15. The molecule has 0 saturated carbocycles. The van der Waals surface area contributed by atoms with Crippen LogP contribution in [0, 0.1) is 11.1 Å². The second-order valence-electron chi connectivity index (χ2n) is 13.3. The maximum Gasteiger partial charge on any atom is 0.348 e. The van der Waals surface area contributed by atoms with Gasteiger partial charge in [-0.05, 0) is 74.3 Å². The number of ether oxygens (including phenoxy) is 5. The van der Waals surface area contributed by atoms with Crippen molar-refractivity contribution >= 4 is 46.5 Å². The van der Waals surface area contributed by atoms with Crippen molar-refractivity contribution in [1.82, 2.24) is 9.80 Å². The van der Waals surface area contributed by atoms with Gasteiger partial charge >= 0.3 is 11.9 Å². The average Bonchev–Trinajstić information content (AvgIpc) is 3.60. The van der Waals surface area contributed by atoms with Crippen LogP contribution in [0.4, 0.5) is 0 Å². The molecular weight excluding hydrogens is 741 g/mol. The van der Waals surface area contributed by atoms with Crippen molar-refractivity contribution in [3.63, 3.8) is 0 Å². The van der Waals surface area contributed by atoms with Gasteiger partial charge in [0.2, 0.25) is 0 Å². The molecule has 0 aliphatic carbocycles. The highest BCUT2D eigenvalue weighted by Crippen LogP contribution is 2.37. The van der Waals surface area contributed by atoms with Gasteiger partial charge in [-0.3, -0.25) is 4.90 Å². The highest BCUT2D eigenvalue weighted by atomic mass is 35.5. The second-order valence-corrected chi connectivity index (χ2v) is 15.3. The fraction of sp³-hybridized carbons (Fsp3) is 0.410. The number of pyridine rings is 1. The molecule has 2 atom stereocenters. The fourth-order valence-electron chi connectivity index (χ4n) is 6.58. The summed E-state index contributed by atoms with van der Waals surface area (Å²) in [7, 11) is 5.16. The van der Waals surface area contributed by atoms with Crippen LogP contribution in [0.1, 0.15) is 56.2 Å². The van der Waals surface area contributed by atoms with Crippen molar-refractivity contribution in [3.8, 4) is 11.5 Å². The monoisotopic (exact) mass is 783 g/mol. The molecule has 2 aliphatic heterocycles. The van der Waals surface area contributed by atoms with E-state index < -0.39 is 18.1 Å². The third-order valence-electron chi connectivity index (χ3n) is 9.74. The minimum Gasteiger partial charge on any atom is -0.619 e. The average molecular weight is 785 g/mol. The van der Waals surface area contributed by atoms with Gasteiger partial charge in [0.1, 0.15) is 27.1 Å². The number of esters is 2. The lowest BCUT2D eigenvalue weighted by molar-refractivity contribution is -0.605. The topological polar surface area (TPSA) is 114 Å². The summed E-state index contributed by atoms with van der Waals surface area (Å²) in [5.74, 6) is 0.437. The summed E-state index contributed by atoms with van der Waals surface area (Å²) in [5.41, 5.74) is 1.90. The highest BCUT2D eigenvalue weighted by Gasteiger charge is 2.38. The van der Waals surface area contributed by atoms with E-state index in [9.17, 15) is 14.8 Å². The van der Waals surface area contributed by atoms with Crippen LogP contribution >= 0.6 is 34.5 Å². The molecule has 0 N–H and O–H groups in total. The van der Waals surface area contributed by atoms with E-state index in [0.717, 1.165) is 36.4 Å². The van der Waals surface area contributed by atoms with Crippen LogP contribution in [-0.4, -0.2) is 82.0 Å². The Kier molecular flexibility index (Phi) is 13.1. The maximum atomic E-state index is 14.0. The molecule has 2 fully saturated rings. The van der Waals surface area contributed by atoms with E-state index in [2.05, 4.69) is 16.8 Å². The third kappa shape index (κ3) is 9.61. The lowest BCUT2D eigenvalue weighted by Crippen LogP contribution is -2.52. The van der Waals surface area contributed by atoms with E-state index in [4.69, 9.17) is 46.9 Å². The zero-order valence-corrected chi connectivity index (χ0v) is 32.2. The SMILES string of the molecule is COc1ccc([C@H](Cc2c(Cl)c[n+]([O-])cc2Cl)OC(=O)c2ccc(CN(C3COC3)C(C(=O)OCC3CCN(C)CC3)c3ccccc3)s2)cc1OC. The summed E-state index contributed by atoms with van der Waals surface area (Å²) in [4.78, 5) is 33.5. The van der Waals surface area contributed by atoms with Crippen molar-refractivity contribution in [1.29, 1.82) is 0 Å². The molecule has 0 amide bonds. The number of benzene rings is 2. The number of nitrogens with zero attached hydrogens (tertiary/aromatic N) is 3. The Bertz CT molecular complexity index is 1840. The van der Waals surface area contributed by atoms with Gasteiger partial charge in [-0.25, -0.2) is 9.59 Å². The first-order chi connectivity index (χ1) is 25.6. The lowest BCUT2D eigenvalue weighted by atomic mass is 9.98. The summed E-state index contributed by atoms with van der Waals surface area (Å²) in [6.45, 7) is 3.72. The van der Waals surface area contributed by atoms with Crippen molar-refractivity contribution < 1.29 is 38.0 Å². The Morgan fingerprint density at radius 3 is 2.32 bits per heavy atom. The van der Waals surface area contributed by atoms with Gasteiger partial charge < -0.3 is 33.8 Å². The number of thiophene rings is 1. The Morgan fingerprint density at radius 2 is 1.68 bits per heavy atom. The third-order valence-corrected chi connectivity index (χ3v) is 11.4. The highest BCUT2D eigenvalue weighted by molar-refractivity contribution is 7.13. The normalized spacial score (nSPS) is 16.5. The molecule has 4 aromatic rings. The summed E-state index contributed by atoms with van der Waals surface area (Å²) < 4.78 is 29.2. The Hall–Kier alpha value is -3.91. The summed E-state index contributed by atoms with van der Waals surface area (Å²) in [5, 5.41) is 12.2. The minimum atomic E-state index is -0.851. The van der Waals surface area contributed by atoms with Gasteiger partial charge in [0.05, 0.1) is 40.1 Å². The second kappa shape index (κ2) is 17.9. The number of hydrogen-bond acceptors (Lipinski definition) is 11. The quantitative estimate of drug-likeness (QED) is 0.0736. The molecule has 1 unspecified atom stereocenters. The van der Waals surface area contributed by atoms with Crippen molar-refractivity contribution in [2.45, 2.75) is 44.0 Å². The number of likely N-dealkylation sites (tertiary alicyclic amines) is 1. The molecule has 0 spiro atoms. The molecule has 2 aliphatic rings. The Balaban J connectivity index is 1.23.